The van der Waals surface area contributed by atoms with Crippen LogP contribution in [0.3, 0.4) is 0 Å². The number of fused-ring (bicyclic) bond motifs is 1. The molecule has 7 heteroatoms. The lowest BCUT2D eigenvalue weighted by Crippen LogP contribution is -2.48. The molecule has 0 spiro atoms. The van der Waals surface area contributed by atoms with Crippen molar-refractivity contribution in [2.75, 3.05) is 19.6 Å². The third-order valence-corrected chi connectivity index (χ3v) is 6.03. The summed E-state index contributed by atoms with van der Waals surface area (Å²) < 4.78 is 25.5. The van der Waals surface area contributed by atoms with Crippen molar-refractivity contribution in [3.8, 4) is 0 Å². The first-order chi connectivity index (χ1) is 11.0. The highest BCUT2D eigenvalue weighted by atomic mass is 32.2. The Morgan fingerprint density at radius 2 is 1.70 bits per heavy atom. The Morgan fingerprint density at radius 1 is 1.04 bits per heavy atom. The van der Waals surface area contributed by atoms with Gasteiger partial charge in [-0.25, -0.2) is 12.7 Å². The standard InChI is InChI=1S/C16H20N2O4S/c19-15(17-9-5-1-2-6-10-17)11-18-16(20)14-8-4-3-7-13(14)12-23(18,21)22/h3-4,7-8H,1-2,5-6,9-12H2. The first-order valence-electron chi connectivity index (χ1n) is 7.89. The molecule has 1 saturated heterocycles. The van der Waals surface area contributed by atoms with Gasteiger partial charge in [-0.2, -0.15) is 0 Å². The molecule has 0 bridgehead atoms. The van der Waals surface area contributed by atoms with Crippen LogP contribution in [0.15, 0.2) is 24.3 Å². The van der Waals surface area contributed by atoms with Crippen molar-refractivity contribution < 1.29 is 18.0 Å². The van der Waals surface area contributed by atoms with Gasteiger partial charge in [0.1, 0.15) is 6.54 Å². The number of sulfonamides is 1. The lowest BCUT2D eigenvalue weighted by molar-refractivity contribution is -0.131. The fourth-order valence-electron chi connectivity index (χ4n) is 3.10. The molecule has 0 saturated carbocycles. The average molecular weight is 336 g/mol. The Balaban J connectivity index is 1.81. The van der Waals surface area contributed by atoms with Crippen LogP contribution in [-0.4, -0.2) is 49.1 Å². The molecule has 2 aliphatic rings. The minimum absolute atomic E-state index is 0.234. The third kappa shape index (κ3) is 3.24. The molecule has 2 amide bonds. The van der Waals surface area contributed by atoms with E-state index in [0.29, 0.717) is 24.2 Å². The van der Waals surface area contributed by atoms with Gasteiger partial charge in [0.2, 0.25) is 15.9 Å². The van der Waals surface area contributed by atoms with Gasteiger partial charge in [0, 0.05) is 18.7 Å². The van der Waals surface area contributed by atoms with E-state index >= 15 is 0 Å². The zero-order valence-electron chi connectivity index (χ0n) is 12.9. The van der Waals surface area contributed by atoms with Gasteiger partial charge in [0.25, 0.3) is 5.91 Å². The number of hydrogen-bond acceptors (Lipinski definition) is 4. The number of likely N-dealkylation sites (tertiary alicyclic amines) is 1. The molecule has 2 aliphatic heterocycles. The molecule has 0 N–H and O–H groups in total. The summed E-state index contributed by atoms with van der Waals surface area (Å²) in [5.74, 6) is -1.12. The largest absolute Gasteiger partial charge is 0.341 e. The van der Waals surface area contributed by atoms with E-state index in [0.717, 1.165) is 30.0 Å². The lowest BCUT2D eigenvalue weighted by atomic mass is 10.1. The first-order valence-corrected chi connectivity index (χ1v) is 9.50. The zero-order chi connectivity index (χ0) is 16.4. The van der Waals surface area contributed by atoms with Crippen molar-refractivity contribution in [2.45, 2.75) is 31.4 Å². The van der Waals surface area contributed by atoms with Gasteiger partial charge in [-0.1, -0.05) is 31.0 Å². The van der Waals surface area contributed by atoms with Gasteiger partial charge in [0.15, 0.2) is 0 Å². The van der Waals surface area contributed by atoms with E-state index < -0.39 is 22.5 Å². The van der Waals surface area contributed by atoms with Gasteiger partial charge >= 0.3 is 0 Å². The monoisotopic (exact) mass is 336 g/mol. The van der Waals surface area contributed by atoms with E-state index in [1.54, 1.807) is 29.2 Å². The molecule has 124 valence electrons. The van der Waals surface area contributed by atoms with E-state index in [1.807, 2.05) is 0 Å². The van der Waals surface area contributed by atoms with Crippen LogP contribution in [0.5, 0.6) is 0 Å². The van der Waals surface area contributed by atoms with Crippen molar-refractivity contribution >= 4 is 21.8 Å². The highest BCUT2D eigenvalue weighted by Gasteiger charge is 2.37. The van der Waals surface area contributed by atoms with E-state index in [2.05, 4.69) is 0 Å². The smallest absolute Gasteiger partial charge is 0.268 e. The molecule has 0 unspecified atom stereocenters. The number of carbonyl (C=O) groups is 2. The van der Waals surface area contributed by atoms with Crippen LogP contribution in [0.2, 0.25) is 0 Å². The molecule has 1 fully saturated rings. The summed E-state index contributed by atoms with van der Waals surface area (Å²) in [6, 6.07) is 6.65. The quantitative estimate of drug-likeness (QED) is 0.817. The lowest BCUT2D eigenvalue weighted by Gasteiger charge is -2.30. The summed E-state index contributed by atoms with van der Waals surface area (Å²) in [6.45, 7) is 0.879. The van der Waals surface area contributed by atoms with Crippen LogP contribution >= 0.6 is 0 Å². The predicted molar refractivity (Wildman–Crippen MR) is 85.2 cm³/mol. The van der Waals surface area contributed by atoms with Crippen molar-refractivity contribution in [1.82, 2.24) is 9.21 Å². The Hall–Kier alpha value is -1.89. The summed E-state index contributed by atoms with van der Waals surface area (Å²) in [5, 5.41) is 0. The predicted octanol–water partition coefficient (Wildman–Crippen LogP) is 1.37. The molecule has 3 rings (SSSR count). The molecule has 2 heterocycles. The summed E-state index contributed by atoms with van der Waals surface area (Å²) in [7, 11) is -3.79. The van der Waals surface area contributed by atoms with Crippen molar-refractivity contribution in [2.24, 2.45) is 0 Å². The second kappa shape index (κ2) is 6.31. The van der Waals surface area contributed by atoms with Gasteiger partial charge in [-0.3, -0.25) is 9.59 Å². The number of carbonyl (C=O) groups excluding carboxylic acids is 2. The van der Waals surface area contributed by atoms with Crippen LogP contribution in [-0.2, 0) is 20.6 Å². The summed E-state index contributed by atoms with van der Waals surface area (Å²) in [4.78, 5) is 26.6. The van der Waals surface area contributed by atoms with Gasteiger partial charge in [-0.15, -0.1) is 0 Å². The Kier molecular flexibility index (Phi) is 4.39. The summed E-state index contributed by atoms with van der Waals surface area (Å²) >= 11 is 0. The number of benzene rings is 1. The normalized spacial score (nSPS) is 20.8. The molecular formula is C16H20N2O4S. The Morgan fingerprint density at radius 3 is 2.39 bits per heavy atom. The Labute approximate surface area is 136 Å². The fourth-order valence-corrected chi connectivity index (χ4v) is 4.56. The molecule has 0 aromatic heterocycles. The van der Waals surface area contributed by atoms with Gasteiger partial charge in [-0.05, 0) is 24.5 Å². The molecule has 0 radical (unpaired) electrons. The average Bonchev–Trinajstić information content (AvgIpc) is 2.80. The van der Waals surface area contributed by atoms with Crippen LogP contribution in [0.25, 0.3) is 0 Å². The maximum Gasteiger partial charge on any atom is 0.268 e. The zero-order valence-corrected chi connectivity index (χ0v) is 13.7. The van der Waals surface area contributed by atoms with Crippen molar-refractivity contribution in [1.29, 1.82) is 0 Å². The topological polar surface area (TPSA) is 74.8 Å². The minimum Gasteiger partial charge on any atom is -0.341 e. The maximum absolute atomic E-state index is 12.5. The highest BCUT2D eigenvalue weighted by molar-refractivity contribution is 7.89. The minimum atomic E-state index is -3.79. The SMILES string of the molecule is O=C(CN1C(=O)c2ccccc2CS1(=O)=O)N1CCCCCC1. The van der Waals surface area contributed by atoms with Gasteiger partial charge in [0.05, 0.1) is 5.75 Å². The molecular weight excluding hydrogens is 316 g/mol. The molecule has 23 heavy (non-hydrogen) atoms. The van der Waals surface area contributed by atoms with Crippen molar-refractivity contribution in [3.05, 3.63) is 35.4 Å². The molecule has 1 aromatic carbocycles. The number of hydrogen-bond donors (Lipinski definition) is 0. The van der Waals surface area contributed by atoms with E-state index in [1.165, 1.54) is 0 Å². The first kappa shape index (κ1) is 16.0. The second-order valence-corrected chi connectivity index (χ2v) is 7.91. The maximum atomic E-state index is 12.5. The van der Waals surface area contributed by atoms with Crippen LogP contribution in [0, 0.1) is 0 Å². The number of rotatable bonds is 2. The molecule has 0 atom stereocenters. The van der Waals surface area contributed by atoms with Crippen LogP contribution in [0.4, 0.5) is 0 Å². The van der Waals surface area contributed by atoms with Gasteiger partial charge < -0.3 is 4.90 Å². The summed E-state index contributed by atoms with van der Waals surface area (Å²) in [6.07, 6.45) is 4.01. The van der Waals surface area contributed by atoms with Crippen molar-refractivity contribution in [3.63, 3.8) is 0 Å². The number of nitrogens with zero attached hydrogens (tertiary/aromatic N) is 2. The van der Waals surface area contributed by atoms with Crippen LogP contribution < -0.4 is 0 Å². The third-order valence-electron chi connectivity index (χ3n) is 4.39. The number of amides is 2. The molecule has 0 aliphatic carbocycles. The van der Waals surface area contributed by atoms with E-state index in [-0.39, 0.29) is 11.7 Å². The van der Waals surface area contributed by atoms with Crippen LogP contribution in [0.1, 0.15) is 41.6 Å². The molecule has 1 aromatic rings. The molecule has 6 nitrogen and oxygen atoms in total. The Bertz CT molecular complexity index is 721. The summed E-state index contributed by atoms with van der Waals surface area (Å²) in [5.41, 5.74) is 0.863. The second-order valence-electron chi connectivity index (χ2n) is 6.02. The van der Waals surface area contributed by atoms with E-state index in [9.17, 15) is 18.0 Å². The fraction of sp³-hybridized carbons (Fsp3) is 0.500. The highest BCUT2D eigenvalue weighted by Crippen LogP contribution is 2.24. The van der Waals surface area contributed by atoms with E-state index in [4.69, 9.17) is 0 Å².